The average Bonchev–Trinajstić information content (AvgIpc) is 2.66. The monoisotopic (exact) mass is 248 g/mol. The molecule has 0 fully saturated rings. The first-order chi connectivity index (χ1) is 6.61. The third kappa shape index (κ3) is 3.44. The Hall–Kier alpha value is -0.320. The highest BCUT2D eigenvalue weighted by atomic mass is 35.5. The molecule has 0 bridgehead atoms. The lowest BCUT2D eigenvalue weighted by atomic mass is 10.2. The molecule has 0 saturated carbocycles. The van der Waals surface area contributed by atoms with Crippen molar-refractivity contribution in [2.75, 3.05) is 5.75 Å². The van der Waals surface area contributed by atoms with Crippen molar-refractivity contribution < 1.29 is 9.59 Å². The molecule has 0 aliphatic carbocycles. The van der Waals surface area contributed by atoms with Gasteiger partial charge < -0.3 is 0 Å². The van der Waals surface area contributed by atoms with Gasteiger partial charge in [-0.1, -0.05) is 24.8 Å². The molecule has 2 nitrogen and oxygen atoms in total. The van der Waals surface area contributed by atoms with E-state index in [1.807, 2.05) is 11.4 Å². The van der Waals surface area contributed by atoms with Crippen LogP contribution in [0.25, 0.3) is 0 Å². The van der Waals surface area contributed by atoms with Crippen LogP contribution in [0.15, 0.2) is 17.5 Å². The van der Waals surface area contributed by atoms with Gasteiger partial charge in [0, 0.05) is 11.7 Å². The fraction of sp³-hybridized carbons (Fsp3) is 0.333. The predicted molar refractivity (Wildman–Crippen MR) is 61.1 cm³/mol. The fourth-order valence-electron chi connectivity index (χ4n) is 0.732. The molecule has 1 rings (SSSR count). The van der Waals surface area contributed by atoms with Gasteiger partial charge in [0.05, 0.1) is 4.88 Å². The van der Waals surface area contributed by atoms with Gasteiger partial charge >= 0.3 is 0 Å². The van der Waals surface area contributed by atoms with E-state index < -0.39 is 5.24 Å². The normalized spacial score (nSPS) is 12.4. The third-order valence-electron chi connectivity index (χ3n) is 1.57. The van der Waals surface area contributed by atoms with Crippen molar-refractivity contribution in [3.05, 3.63) is 22.4 Å². The van der Waals surface area contributed by atoms with Crippen LogP contribution in [-0.2, 0) is 4.79 Å². The Morgan fingerprint density at radius 1 is 1.64 bits per heavy atom. The van der Waals surface area contributed by atoms with Crippen LogP contribution in [0.3, 0.4) is 0 Å². The second-order valence-corrected chi connectivity index (χ2v) is 5.09. The SMILES string of the molecule is CC(CSC(=O)c1cccs1)C(=O)Cl. The van der Waals surface area contributed by atoms with Crippen LogP contribution >= 0.6 is 34.7 Å². The van der Waals surface area contributed by atoms with E-state index in [1.165, 1.54) is 11.3 Å². The summed E-state index contributed by atoms with van der Waals surface area (Å²) in [6.07, 6.45) is 0. The van der Waals surface area contributed by atoms with E-state index in [0.29, 0.717) is 10.6 Å². The number of carbonyl (C=O) groups excluding carboxylic acids is 2. The largest absolute Gasteiger partial charge is 0.281 e. The van der Waals surface area contributed by atoms with Crippen molar-refractivity contribution in [3.63, 3.8) is 0 Å². The van der Waals surface area contributed by atoms with Gasteiger partial charge in [0.25, 0.3) is 0 Å². The quantitative estimate of drug-likeness (QED) is 0.769. The molecular formula is C9H9ClO2S2. The van der Waals surface area contributed by atoms with Crippen LogP contribution in [0.5, 0.6) is 0 Å². The zero-order valence-corrected chi connectivity index (χ0v) is 9.92. The molecule has 1 atom stereocenters. The Bertz CT molecular complexity index is 322. The van der Waals surface area contributed by atoms with Gasteiger partial charge in [0.2, 0.25) is 10.4 Å². The van der Waals surface area contributed by atoms with E-state index in [-0.39, 0.29) is 11.0 Å². The molecule has 0 aliphatic heterocycles. The van der Waals surface area contributed by atoms with Gasteiger partial charge in [-0.2, -0.15) is 0 Å². The third-order valence-corrected chi connectivity index (χ3v) is 4.09. The van der Waals surface area contributed by atoms with Crippen LogP contribution in [0.1, 0.15) is 16.6 Å². The number of hydrogen-bond acceptors (Lipinski definition) is 4. The number of hydrogen-bond donors (Lipinski definition) is 0. The minimum atomic E-state index is -0.392. The fourth-order valence-corrected chi connectivity index (χ4v) is 2.54. The van der Waals surface area contributed by atoms with Crippen molar-refractivity contribution in [1.29, 1.82) is 0 Å². The number of thiophene rings is 1. The molecule has 14 heavy (non-hydrogen) atoms. The Morgan fingerprint density at radius 2 is 2.36 bits per heavy atom. The van der Waals surface area contributed by atoms with Crippen molar-refractivity contribution in [2.45, 2.75) is 6.92 Å². The van der Waals surface area contributed by atoms with E-state index in [0.717, 1.165) is 11.8 Å². The maximum Gasteiger partial charge on any atom is 0.229 e. The van der Waals surface area contributed by atoms with Crippen molar-refractivity contribution in [1.82, 2.24) is 0 Å². The summed E-state index contributed by atoms with van der Waals surface area (Å²) in [5, 5.41) is 1.46. The van der Waals surface area contributed by atoms with E-state index >= 15 is 0 Å². The molecule has 1 aromatic heterocycles. The maximum atomic E-state index is 11.5. The molecule has 1 heterocycles. The molecule has 0 aromatic carbocycles. The number of carbonyl (C=O) groups is 2. The minimum absolute atomic E-state index is 0.00441. The molecule has 0 spiro atoms. The Morgan fingerprint density at radius 3 is 2.86 bits per heavy atom. The summed E-state index contributed by atoms with van der Waals surface area (Å²) in [5.41, 5.74) is 0. The van der Waals surface area contributed by atoms with E-state index in [1.54, 1.807) is 13.0 Å². The standard InChI is InChI=1S/C9H9ClO2S2/c1-6(8(10)11)5-14-9(12)7-3-2-4-13-7/h2-4,6H,5H2,1H3. The lowest BCUT2D eigenvalue weighted by molar-refractivity contribution is -0.114. The number of halogens is 1. The van der Waals surface area contributed by atoms with E-state index in [9.17, 15) is 9.59 Å². The van der Waals surface area contributed by atoms with Gasteiger partial charge in [0.15, 0.2) is 0 Å². The lowest BCUT2D eigenvalue weighted by Crippen LogP contribution is -2.08. The second-order valence-electron chi connectivity index (χ2n) is 2.78. The van der Waals surface area contributed by atoms with Crippen molar-refractivity contribution >= 4 is 45.1 Å². The molecule has 0 N–H and O–H groups in total. The van der Waals surface area contributed by atoms with E-state index in [4.69, 9.17) is 11.6 Å². The van der Waals surface area contributed by atoms with Gasteiger partial charge in [-0.05, 0) is 23.0 Å². The Kier molecular flexibility index (Phi) is 4.65. The zero-order chi connectivity index (χ0) is 10.6. The van der Waals surface area contributed by atoms with Crippen molar-refractivity contribution in [3.8, 4) is 0 Å². The maximum absolute atomic E-state index is 11.5. The topological polar surface area (TPSA) is 34.1 Å². The average molecular weight is 249 g/mol. The smallest absolute Gasteiger partial charge is 0.229 e. The summed E-state index contributed by atoms with van der Waals surface area (Å²) in [7, 11) is 0. The molecule has 5 heteroatoms. The first kappa shape index (κ1) is 11.8. The van der Waals surface area contributed by atoms with Crippen LogP contribution in [-0.4, -0.2) is 16.1 Å². The van der Waals surface area contributed by atoms with Crippen LogP contribution < -0.4 is 0 Å². The van der Waals surface area contributed by atoms with Gasteiger partial charge in [-0.25, -0.2) is 0 Å². The van der Waals surface area contributed by atoms with E-state index in [2.05, 4.69) is 0 Å². The van der Waals surface area contributed by atoms with Gasteiger partial charge in [-0.3, -0.25) is 9.59 Å². The Balaban J connectivity index is 2.40. The van der Waals surface area contributed by atoms with Gasteiger partial charge in [0.1, 0.15) is 0 Å². The summed E-state index contributed by atoms with van der Waals surface area (Å²) in [6, 6.07) is 3.60. The number of thioether (sulfide) groups is 1. The van der Waals surface area contributed by atoms with Crippen LogP contribution in [0, 0.1) is 5.92 Å². The first-order valence-electron chi connectivity index (χ1n) is 4.01. The summed E-state index contributed by atoms with van der Waals surface area (Å²) < 4.78 is 0. The summed E-state index contributed by atoms with van der Waals surface area (Å²) >= 11 is 7.82. The summed E-state index contributed by atoms with van der Waals surface area (Å²) in [4.78, 5) is 22.9. The highest BCUT2D eigenvalue weighted by Crippen LogP contribution is 2.20. The van der Waals surface area contributed by atoms with Crippen LogP contribution in [0.4, 0.5) is 0 Å². The Labute approximate surface area is 95.6 Å². The number of rotatable bonds is 4. The first-order valence-corrected chi connectivity index (χ1v) is 6.25. The molecular weight excluding hydrogens is 240 g/mol. The minimum Gasteiger partial charge on any atom is -0.281 e. The van der Waals surface area contributed by atoms with Gasteiger partial charge in [-0.15, -0.1) is 11.3 Å². The highest BCUT2D eigenvalue weighted by Gasteiger charge is 2.14. The highest BCUT2D eigenvalue weighted by molar-refractivity contribution is 8.14. The van der Waals surface area contributed by atoms with Crippen molar-refractivity contribution in [2.24, 2.45) is 5.92 Å². The second kappa shape index (κ2) is 5.53. The molecule has 76 valence electrons. The molecule has 1 unspecified atom stereocenters. The molecule has 0 saturated heterocycles. The molecule has 0 radical (unpaired) electrons. The van der Waals surface area contributed by atoms with Crippen LogP contribution in [0.2, 0.25) is 0 Å². The zero-order valence-electron chi connectivity index (χ0n) is 7.53. The molecule has 1 aromatic rings. The summed E-state index contributed by atoms with van der Waals surface area (Å²) in [6.45, 7) is 1.71. The summed E-state index contributed by atoms with van der Waals surface area (Å²) in [5.74, 6) is 0.171. The lowest BCUT2D eigenvalue weighted by Gasteiger charge is -2.02. The molecule has 0 aliphatic rings. The molecule has 0 amide bonds. The predicted octanol–water partition coefficient (Wildman–Crippen LogP) is 3.02.